The molecule has 0 saturated carbocycles. The zero-order chi connectivity index (χ0) is 14.0. The molecular formula is C16H25ClN2. The highest BCUT2D eigenvalue weighted by atomic mass is 35.5. The Hall–Kier alpha value is -0.570. The van der Waals surface area contributed by atoms with E-state index in [1.165, 1.54) is 18.4 Å². The molecule has 2 N–H and O–H groups in total. The highest BCUT2D eigenvalue weighted by Gasteiger charge is 2.32. The maximum Gasteiger partial charge on any atom is 0.0511 e. The lowest BCUT2D eigenvalue weighted by atomic mass is 9.81. The quantitative estimate of drug-likeness (QED) is 0.911. The summed E-state index contributed by atoms with van der Waals surface area (Å²) >= 11 is 6.36. The highest BCUT2D eigenvalue weighted by Crippen LogP contribution is 2.36. The molecule has 19 heavy (non-hydrogen) atoms. The summed E-state index contributed by atoms with van der Waals surface area (Å²) in [6.07, 6.45) is 2.45. The molecule has 0 radical (unpaired) electrons. The predicted octanol–water partition coefficient (Wildman–Crippen LogP) is 3.85. The Morgan fingerprint density at radius 2 is 1.79 bits per heavy atom. The topological polar surface area (TPSA) is 29.3 Å². The van der Waals surface area contributed by atoms with Crippen LogP contribution >= 0.6 is 11.6 Å². The largest absolute Gasteiger partial charge is 0.326 e. The third-order valence-corrected chi connectivity index (χ3v) is 4.61. The molecule has 2 rings (SSSR count). The Morgan fingerprint density at radius 1 is 1.21 bits per heavy atom. The van der Waals surface area contributed by atoms with Gasteiger partial charge in [0.25, 0.3) is 0 Å². The van der Waals surface area contributed by atoms with Crippen LogP contribution in [0, 0.1) is 5.41 Å². The van der Waals surface area contributed by atoms with E-state index in [0.29, 0.717) is 5.41 Å². The molecule has 1 aromatic rings. The highest BCUT2D eigenvalue weighted by molar-refractivity contribution is 6.31. The molecule has 0 spiro atoms. The van der Waals surface area contributed by atoms with E-state index in [4.69, 9.17) is 17.3 Å². The molecule has 1 aromatic carbocycles. The lowest BCUT2D eigenvalue weighted by molar-refractivity contribution is 0.0842. The molecule has 1 aliphatic heterocycles. The third kappa shape index (κ3) is 3.50. The predicted molar refractivity (Wildman–Crippen MR) is 82.4 cm³/mol. The van der Waals surface area contributed by atoms with Crippen LogP contribution in [0.4, 0.5) is 0 Å². The van der Waals surface area contributed by atoms with Gasteiger partial charge in [-0.2, -0.15) is 0 Å². The van der Waals surface area contributed by atoms with Gasteiger partial charge in [-0.3, -0.25) is 4.90 Å². The minimum atomic E-state index is 0.0844. The van der Waals surface area contributed by atoms with E-state index in [1.807, 2.05) is 18.2 Å². The van der Waals surface area contributed by atoms with Crippen molar-refractivity contribution in [1.29, 1.82) is 0 Å². The third-order valence-electron chi connectivity index (χ3n) is 4.27. The second-order valence-electron chi connectivity index (χ2n) is 6.53. The first kappa shape index (κ1) is 14.8. The van der Waals surface area contributed by atoms with Crippen molar-refractivity contribution < 1.29 is 0 Å². The average molecular weight is 281 g/mol. The van der Waals surface area contributed by atoms with Gasteiger partial charge in [-0.25, -0.2) is 0 Å². The van der Waals surface area contributed by atoms with E-state index < -0.39 is 0 Å². The Morgan fingerprint density at radius 3 is 2.32 bits per heavy atom. The molecule has 2 atom stereocenters. The van der Waals surface area contributed by atoms with Gasteiger partial charge in [0.2, 0.25) is 0 Å². The van der Waals surface area contributed by atoms with Crippen LogP contribution in [0.25, 0.3) is 0 Å². The van der Waals surface area contributed by atoms with Crippen LogP contribution < -0.4 is 5.73 Å². The van der Waals surface area contributed by atoms with Crippen molar-refractivity contribution in [2.45, 2.75) is 45.7 Å². The molecule has 3 heteroatoms. The molecule has 2 nitrogen and oxygen atoms in total. The summed E-state index contributed by atoms with van der Waals surface area (Å²) in [5.41, 5.74) is 7.86. The maximum absolute atomic E-state index is 6.36. The smallest absolute Gasteiger partial charge is 0.0511 e. The van der Waals surface area contributed by atoms with Crippen LogP contribution in [0.5, 0.6) is 0 Å². The van der Waals surface area contributed by atoms with Gasteiger partial charge in [0, 0.05) is 11.1 Å². The molecule has 1 aliphatic rings. The summed E-state index contributed by atoms with van der Waals surface area (Å²) < 4.78 is 0. The second kappa shape index (κ2) is 5.82. The second-order valence-corrected chi connectivity index (χ2v) is 6.93. The van der Waals surface area contributed by atoms with Gasteiger partial charge in [-0.15, -0.1) is 0 Å². The minimum absolute atomic E-state index is 0.0844. The number of benzene rings is 1. The fourth-order valence-corrected chi connectivity index (χ4v) is 3.18. The molecule has 106 valence electrons. The van der Waals surface area contributed by atoms with E-state index in [9.17, 15) is 0 Å². The summed E-state index contributed by atoms with van der Waals surface area (Å²) in [5, 5.41) is 0.828. The summed E-state index contributed by atoms with van der Waals surface area (Å²) in [6.45, 7) is 8.98. The fourth-order valence-electron chi connectivity index (χ4n) is 2.93. The number of nitrogens with zero attached hydrogens (tertiary/aromatic N) is 1. The van der Waals surface area contributed by atoms with Gasteiger partial charge < -0.3 is 5.73 Å². The fraction of sp³-hybridized carbons (Fsp3) is 0.625. The molecule has 2 unspecified atom stereocenters. The first-order valence-electron chi connectivity index (χ1n) is 7.15. The van der Waals surface area contributed by atoms with Gasteiger partial charge in [-0.1, -0.05) is 43.6 Å². The Kier molecular flexibility index (Phi) is 4.54. The molecule has 0 aromatic heterocycles. The maximum atomic E-state index is 6.36. The van der Waals surface area contributed by atoms with Crippen LogP contribution in [0.2, 0.25) is 5.02 Å². The first-order chi connectivity index (χ1) is 8.91. The molecule has 0 amide bonds. The zero-order valence-electron chi connectivity index (χ0n) is 12.2. The molecule has 1 heterocycles. The van der Waals surface area contributed by atoms with Gasteiger partial charge in [0.05, 0.1) is 6.04 Å². The van der Waals surface area contributed by atoms with Gasteiger partial charge in [0.15, 0.2) is 0 Å². The summed E-state index contributed by atoms with van der Waals surface area (Å²) in [4.78, 5) is 2.50. The van der Waals surface area contributed by atoms with Crippen molar-refractivity contribution in [1.82, 2.24) is 4.90 Å². The van der Waals surface area contributed by atoms with Crippen LogP contribution in [0.3, 0.4) is 0 Å². The number of likely N-dealkylation sites (tertiary alicyclic amines) is 1. The van der Waals surface area contributed by atoms with E-state index in [1.54, 1.807) is 0 Å². The Labute approximate surface area is 121 Å². The van der Waals surface area contributed by atoms with E-state index in [2.05, 4.69) is 31.7 Å². The van der Waals surface area contributed by atoms with Crippen LogP contribution in [0.15, 0.2) is 24.3 Å². The number of piperidine rings is 1. The number of rotatable bonds is 3. The van der Waals surface area contributed by atoms with Crippen molar-refractivity contribution in [3.8, 4) is 0 Å². The van der Waals surface area contributed by atoms with Gasteiger partial charge in [-0.05, 0) is 49.9 Å². The van der Waals surface area contributed by atoms with E-state index >= 15 is 0 Å². The minimum Gasteiger partial charge on any atom is -0.326 e. The number of hydrogen-bond donors (Lipinski definition) is 1. The summed E-state index contributed by atoms with van der Waals surface area (Å²) in [7, 11) is 0. The van der Waals surface area contributed by atoms with Crippen molar-refractivity contribution in [2.24, 2.45) is 11.1 Å². The van der Waals surface area contributed by atoms with E-state index in [0.717, 1.165) is 18.1 Å². The lowest BCUT2D eigenvalue weighted by Gasteiger charge is -2.42. The molecule has 1 saturated heterocycles. The van der Waals surface area contributed by atoms with Crippen LogP contribution in [0.1, 0.15) is 45.2 Å². The normalized spacial score (nSPS) is 23.0. The SMILES string of the molecule is CC(N)C(c1ccccc1Cl)N1CCC(C)(C)CC1. The number of hydrogen-bond acceptors (Lipinski definition) is 2. The standard InChI is InChI=1S/C16H25ClN2/c1-12(18)15(13-6-4-5-7-14(13)17)19-10-8-16(2,3)9-11-19/h4-7,12,15H,8-11,18H2,1-3H3. The van der Waals surface area contributed by atoms with Crippen molar-refractivity contribution in [3.05, 3.63) is 34.9 Å². The first-order valence-corrected chi connectivity index (χ1v) is 7.52. The van der Waals surface area contributed by atoms with Crippen molar-refractivity contribution in [3.63, 3.8) is 0 Å². The zero-order valence-corrected chi connectivity index (χ0v) is 13.0. The van der Waals surface area contributed by atoms with Crippen LogP contribution in [-0.2, 0) is 0 Å². The molecule has 1 fully saturated rings. The molecular weight excluding hydrogens is 256 g/mol. The molecule has 0 aliphatic carbocycles. The van der Waals surface area contributed by atoms with Crippen LogP contribution in [-0.4, -0.2) is 24.0 Å². The Bertz CT molecular complexity index is 419. The van der Waals surface area contributed by atoms with Crippen molar-refractivity contribution in [2.75, 3.05) is 13.1 Å². The Balaban J connectivity index is 2.20. The van der Waals surface area contributed by atoms with Gasteiger partial charge >= 0.3 is 0 Å². The lowest BCUT2D eigenvalue weighted by Crippen LogP contribution is -2.45. The number of nitrogens with two attached hydrogens (primary N) is 1. The summed E-state index contributed by atoms with van der Waals surface area (Å²) in [6, 6.07) is 8.40. The summed E-state index contributed by atoms with van der Waals surface area (Å²) in [5.74, 6) is 0. The average Bonchev–Trinajstić information content (AvgIpc) is 2.33. The number of halogens is 1. The molecule has 0 bridgehead atoms. The monoisotopic (exact) mass is 280 g/mol. The van der Waals surface area contributed by atoms with E-state index in [-0.39, 0.29) is 12.1 Å². The van der Waals surface area contributed by atoms with Crippen molar-refractivity contribution >= 4 is 11.6 Å². The van der Waals surface area contributed by atoms with Gasteiger partial charge in [0.1, 0.15) is 0 Å².